The third-order valence-corrected chi connectivity index (χ3v) is 7.51. The lowest BCUT2D eigenvalue weighted by Crippen LogP contribution is -2.19. The number of sulfone groups is 1. The van der Waals surface area contributed by atoms with Crippen molar-refractivity contribution in [3.63, 3.8) is 0 Å². The molecule has 0 saturated carbocycles. The van der Waals surface area contributed by atoms with Gasteiger partial charge >= 0.3 is 6.18 Å². The number of ether oxygens (including phenoxy) is 1. The van der Waals surface area contributed by atoms with E-state index in [1.54, 1.807) is 6.92 Å². The van der Waals surface area contributed by atoms with Crippen molar-refractivity contribution in [1.82, 2.24) is 0 Å². The standard InChI is InChI=1S/C18H18ClF3NO7PS/c1-4-11-7-14(23(24)25)17(31(26)30-10(2)32(3,27)28)9-16(11)29-15-6-5-12(8-13(15)19)18(20,21)22/h5-10,31H,4H2,1-3H3. The van der Waals surface area contributed by atoms with E-state index >= 15 is 0 Å². The molecule has 0 heterocycles. The van der Waals surface area contributed by atoms with Gasteiger partial charge in [-0.3, -0.25) is 14.7 Å². The number of rotatable bonds is 8. The van der Waals surface area contributed by atoms with Crippen molar-refractivity contribution in [3.8, 4) is 11.5 Å². The zero-order valence-electron chi connectivity index (χ0n) is 16.9. The molecule has 32 heavy (non-hydrogen) atoms. The highest BCUT2D eigenvalue weighted by Gasteiger charge is 2.31. The number of hydrogen-bond acceptors (Lipinski definition) is 7. The minimum absolute atomic E-state index is 0.0521. The van der Waals surface area contributed by atoms with Gasteiger partial charge in [-0.25, -0.2) is 8.42 Å². The van der Waals surface area contributed by atoms with Crippen molar-refractivity contribution in [1.29, 1.82) is 0 Å². The Balaban J connectivity index is 2.53. The number of aryl methyl sites for hydroxylation is 1. The lowest BCUT2D eigenvalue weighted by atomic mass is 10.1. The van der Waals surface area contributed by atoms with Gasteiger partial charge in [-0.05, 0) is 31.5 Å². The fourth-order valence-electron chi connectivity index (χ4n) is 2.48. The van der Waals surface area contributed by atoms with E-state index in [0.29, 0.717) is 6.07 Å². The summed E-state index contributed by atoms with van der Waals surface area (Å²) in [4.78, 5) is 10.7. The number of alkyl halides is 3. The maximum absolute atomic E-state index is 12.8. The number of nitro groups is 1. The fourth-order valence-corrected chi connectivity index (χ4v) is 4.71. The largest absolute Gasteiger partial charge is 0.455 e. The van der Waals surface area contributed by atoms with Crippen molar-refractivity contribution in [2.45, 2.75) is 31.9 Å². The Morgan fingerprint density at radius 1 is 1.22 bits per heavy atom. The highest BCUT2D eigenvalue weighted by Crippen LogP contribution is 2.39. The summed E-state index contributed by atoms with van der Waals surface area (Å²) in [6, 6.07) is 4.52. The predicted octanol–water partition coefficient (Wildman–Crippen LogP) is 5.13. The van der Waals surface area contributed by atoms with Crippen LogP contribution in [-0.4, -0.2) is 25.0 Å². The molecule has 0 aliphatic heterocycles. The molecule has 2 aromatic carbocycles. The average Bonchev–Trinajstić information content (AvgIpc) is 2.67. The number of benzene rings is 2. The monoisotopic (exact) mass is 515 g/mol. The minimum Gasteiger partial charge on any atom is -0.455 e. The van der Waals surface area contributed by atoms with E-state index < -0.39 is 51.0 Å². The highest BCUT2D eigenvalue weighted by atomic mass is 35.5. The van der Waals surface area contributed by atoms with Crippen LogP contribution in [0.15, 0.2) is 30.3 Å². The van der Waals surface area contributed by atoms with Crippen LogP contribution in [0.5, 0.6) is 11.5 Å². The quantitative estimate of drug-likeness (QED) is 0.272. The molecule has 0 bridgehead atoms. The van der Waals surface area contributed by atoms with Crippen LogP contribution in [0.2, 0.25) is 5.02 Å². The lowest BCUT2D eigenvalue weighted by Gasteiger charge is -2.16. The Labute approximate surface area is 187 Å². The maximum atomic E-state index is 12.8. The van der Waals surface area contributed by atoms with Crippen molar-refractivity contribution in [3.05, 3.63) is 56.6 Å². The molecule has 8 nitrogen and oxygen atoms in total. The smallest absolute Gasteiger partial charge is 0.416 e. The van der Waals surface area contributed by atoms with Crippen LogP contribution in [0, 0.1) is 10.1 Å². The first-order valence-corrected chi connectivity index (χ1v) is 12.6. The number of hydrogen-bond donors (Lipinski definition) is 0. The molecule has 0 spiro atoms. The third kappa shape index (κ3) is 6.22. The van der Waals surface area contributed by atoms with E-state index in [1.165, 1.54) is 0 Å². The number of halogens is 4. The van der Waals surface area contributed by atoms with Crippen LogP contribution in [-0.2, 0) is 31.5 Å². The zero-order valence-corrected chi connectivity index (χ0v) is 19.5. The molecule has 0 N–H and O–H groups in total. The molecule has 2 aromatic rings. The van der Waals surface area contributed by atoms with E-state index in [-0.39, 0.29) is 28.5 Å². The van der Waals surface area contributed by atoms with Gasteiger partial charge in [-0.2, -0.15) is 13.2 Å². The normalized spacial score (nSPS) is 14.1. The van der Waals surface area contributed by atoms with E-state index in [9.17, 15) is 36.3 Å². The predicted molar refractivity (Wildman–Crippen MR) is 113 cm³/mol. The minimum atomic E-state index is -4.62. The van der Waals surface area contributed by atoms with Gasteiger partial charge in [0, 0.05) is 24.0 Å². The van der Waals surface area contributed by atoms with Gasteiger partial charge in [0.05, 0.1) is 15.5 Å². The molecular weight excluding hydrogens is 498 g/mol. The van der Waals surface area contributed by atoms with Gasteiger partial charge in [-0.15, -0.1) is 0 Å². The molecule has 0 saturated heterocycles. The first kappa shape index (κ1) is 26.1. The van der Waals surface area contributed by atoms with E-state index in [0.717, 1.165) is 37.4 Å². The summed E-state index contributed by atoms with van der Waals surface area (Å²) in [6.07, 6.45) is -3.55. The SMILES string of the molecule is CCc1cc([N+](=O)[O-])c([PH](=O)OC(C)S(C)(=O)=O)cc1Oc1ccc(C(F)(F)F)cc1Cl. The summed E-state index contributed by atoms with van der Waals surface area (Å²) in [6.45, 7) is 2.77. The van der Waals surface area contributed by atoms with Gasteiger partial charge in [0.2, 0.25) is 8.03 Å². The summed E-state index contributed by atoms with van der Waals surface area (Å²) >= 11 is 5.90. The van der Waals surface area contributed by atoms with Crippen LogP contribution in [0.4, 0.5) is 18.9 Å². The maximum Gasteiger partial charge on any atom is 0.416 e. The van der Waals surface area contributed by atoms with Crippen LogP contribution in [0.3, 0.4) is 0 Å². The molecule has 14 heteroatoms. The third-order valence-electron chi connectivity index (χ3n) is 4.33. The average molecular weight is 516 g/mol. The molecule has 0 fully saturated rings. The van der Waals surface area contributed by atoms with Crippen LogP contribution in [0.1, 0.15) is 25.0 Å². The summed E-state index contributed by atoms with van der Waals surface area (Å²) in [7, 11) is -7.17. The molecule has 0 amide bonds. The summed E-state index contributed by atoms with van der Waals surface area (Å²) in [5.74, 6) is -0.219. The van der Waals surface area contributed by atoms with Crippen molar-refractivity contribution in [2.24, 2.45) is 0 Å². The first-order valence-electron chi connectivity index (χ1n) is 8.90. The number of nitro benzene ring substituents is 1. The fraction of sp³-hybridized carbons (Fsp3) is 0.333. The van der Waals surface area contributed by atoms with Gasteiger partial charge < -0.3 is 9.26 Å². The number of nitrogens with zero attached hydrogens (tertiary/aromatic N) is 1. The van der Waals surface area contributed by atoms with E-state index in [1.807, 2.05) is 0 Å². The Kier molecular flexibility index (Phi) is 7.98. The molecule has 2 atom stereocenters. The summed E-state index contributed by atoms with van der Waals surface area (Å²) in [5, 5.41) is 10.7. The van der Waals surface area contributed by atoms with E-state index in [4.69, 9.17) is 20.9 Å². The second kappa shape index (κ2) is 9.78. The second-order valence-corrected chi connectivity index (χ2v) is 10.7. The Morgan fingerprint density at radius 2 is 1.84 bits per heavy atom. The molecule has 176 valence electrons. The van der Waals surface area contributed by atoms with Gasteiger partial charge in [-0.1, -0.05) is 18.5 Å². The topological polar surface area (TPSA) is 113 Å². The zero-order chi connectivity index (χ0) is 24.4. The lowest BCUT2D eigenvalue weighted by molar-refractivity contribution is -0.383. The molecule has 0 radical (unpaired) electrons. The molecule has 2 rings (SSSR count). The van der Waals surface area contributed by atoms with Crippen molar-refractivity contribution < 1.29 is 40.3 Å². The first-order chi connectivity index (χ1) is 14.6. The molecule has 2 unspecified atom stereocenters. The second-order valence-electron chi connectivity index (χ2n) is 6.64. The van der Waals surface area contributed by atoms with Gasteiger partial charge in [0.25, 0.3) is 5.69 Å². The van der Waals surface area contributed by atoms with Gasteiger partial charge in [0.1, 0.15) is 16.8 Å². The summed E-state index contributed by atoms with van der Waals surface area (Å²) in [5.41, 5.74) is -2.78. The Hall–Kier alpha value is -2.14. The van der Waals surface area contributed by atoms with Crippen LogP contribution in [0.25, 0.3) is 0 Å². The Morgan fingerprint density at radius 3 is 2.31 bits per heavy atom. The van der Waals surface area contributed by atoms with Crippen LogP contribution >= 0.6 is 19.6 Å². The molecular formula is C18H18ClF3NO7PS. The Bertz CT molecular complexity index is 1170. The van der Waals surface area contributed by atoms with Crippen molar-refractivity contribution >= 4 is 40.5 Å². The summed E-state index contributed by atoms with van der Waals surface area (Å²) < 4.78 is 84.9. The van der Waals surface area contributed by atoms with Gasteiger partial charge in [0.15, 0.2) is 15.3 Å². The molecule has 0 aliphatic rings. The van der Waals surface area contributed by atoms with E-state index in [2.05, 4.69) is 0 Å². The molecule has 0 aliphatic carbocycles. The molecule has 0 aromatic heterocycles. The van der Waals surface area contributed by atoms with Crippen molar-refractivity contribution in [2.75, 3.05) is 6.26 Å². The highest BCUT2D eigenvalue weighted by molar-refractivity contribution is 7.91. The van der Waals surface area contributed by atoms with Crippen LogP contribution < -0.4 is 10.0 Å².